The van der Waals surface area contributed by atoms with Gasteiger partial charge in [-0.1, -0.05) is 0 Å². The van der Waals surface area contributed by atoms with Gasteiger partial charge in [-0.05, 0) is 40.5 Å². The van der Waals surface area contributed by atoms with Gasteiger partial charge in [-0.3, -0.25) is 0 Å². The summed E-state index contributed by atoms with van der Waals surface area (Å²) in [6.07, 6.45) is 1.72. The van der Waals surface area contributed by atoms with Gasteiger partial charge in [-0.25, -0.2) is 4.98 Å². The number of fused-ring (bicyclic) bond motifs is 1. The summed E-state index contributed by atoms with van der Waals surface area (Å²) in [5.74, 6) is 3.08. The van der Waals surface area contributed by atoms with Gasteiger partial charge in [0, 0.05) is 6.54 Å². The lowest BCUT2D eigenvalue weighted by molar-refractivity contribution is 0.170. The van der Waals surface area contributed by atoms with Crippen molar-refractivity contribution in [2.24, 2.45) is 0 Å². The second-order valence-corrected chi connectivity index (χ2v) is 5.42. The Morgan fingerprint density at radius 3 is 2.90 bits per heavy atom. The maximum absolute atomic E-state index is 5.60. The molecule has 2 aromatic rings. The second kappa shape index (κ2) is 5.85. The SMILES string of the molecule is Cc1cnc(CNCc2cc(Br)c3c(c2)OCCO3)o1. The third-order valence-corrected chi connectivity index (χ3v) is 3.52. The van der Waals surface area contributed by atoms with Crippen molar-refractivity contribution in [3.63, 3.8) is 0 Å². The van der Waals surface area contributed by atoms with Gasteiger partial charge in [-0.2, -0.15) is 0 Å². The highest BCUT2D eigenvalue weighted by molar-refractivity contribution is 9.10. The molecule has 0 spiro atoms. The lowest BCUT2D eigenvalue weighted by Crippen LogP contribution is -2.17. The molecule has 1 aromatic carbocycles. The maximum Gasteiger partial charge on any atom is 0.208 e. The van der Waals surface area contributed by atoms with Crippen molar-refractivity contribution < 1.29 is 13.9 Å². The van der Waals surface area contributed by atoms with Crippen LogP contribution in [0.4, 0.5) is 0 Å². The molecule has 0 aliphatic carbocycles. The molecule has 5 nitrogen and oxygen atoms in total. The summed E-state index contributed by atoms with van der Waals surface area (Å²) in [5, 5.41) is 3.29. The number of hydrogen-bond donors (Lipinski definition) is 1. The minimum atomic E-state index is 0.589. The summed E-state index contributed by atoms with van der Waals surface area (Å²) in [5.41, 5.74) is 1.12. The van der Waals surface area contributed by atoms with Crippen LogP contribution >= 0.6 is 15.9 Å². The van der Waals surface area contributed by atoms with E-state index in [9.17, 15) is 0 Å². The van der Waals surface area contributed by atoms with Gasteiger partial charge in [0.25, 0.3) is 0 Å². The zero-order valence-electron chi connectivity index (χ0n) is 11.1. The van der Waals surface area contributed by atoms with Crippen molar-refractivity contribution in [2.45, 2.75) is 20.0 Å². The Balaban J connectivity index is 1.64. The van der Waals surface area contributed by atoms with Gasteiger partial charge in [-0.15, -0.1) is 0 Å². The van der Waals surface area contributed by atoms with E-state index in [4.69, 9.17) is 13.9 Å². The Hall–Kier alpha value is -1.53. The van der Waals surface area contributed by atoms with Gasteiger partial charge in [0.1, 0.15) is 19.0 Å². The van der Waals surface area contributed by atoms with Gasteiger partial charge in [0.05, 0.1) is 17.2 Å². The van der Waals surface area contributed by atoms with Gasteiger partial charge in [0.15, 0.2) is 11.5 Å². The third-order valence-electron chi connectivity index (χ3n) is 2.93. The van der Waals surface area contributed by atoms with Crippen LogP contribution in [0.25, 0.3) is 0 Å². The largest absolute Gasteiger partial charge is 0.486 e. The Morgan fingerprint density at radius 2 is 2.10 bits per heavy atom. The topological polar surface area (TPSA) is 56.5 Å². The second-order valence-electron chi connectivity index (χ2n) is 4.57. The van der Waals surface area contributed by atoms with E-state index in [-0.39, 0.29) is 0 Å². The molecule has 6 heteroatoms. The van der Waals surface area contributed by atoms with E-state index in [1.165, 1.54) is 0 Å². The summed E-state index contributed by atoms with van der Waals surface area (Å²) in [6, 6.07) is 4.02. The number of nitrogens with zero attached hydrogens (tertiary/aromatic N) is 1. The normalized spacial score (nSPS) is 13.5. The van der Waals surface area contributed by atoms with E-state index in [2.05, 4.69) is 26.2 Å². The number of halogens is 1. The molecule has 1 aliphatic rings. The molecule has 0 saturated carbocycles. The van der Waals surface area contributed by atoms with Gasteiger partial charge < -0.3 is 19.2 Å². The fourth-order valence-corrected chi connectivity index (χ4v) is 2.67. The Labute approximate surface area is 125 Å². The summed E-state index contributed by atoms with van der Waals surface area (Å²) >= 11 is 3.51. The molecule has 1 N–H and O–H groups in total. The fraction of sp³-hybridized carbons (Fsp3) is 0.357. The first-order valence-electron chi connectivity index (χ1n) is 6.42. The number of rotatable bonds is 4. The first kappa shape index (κ1) is 13.5. The lowest BCUT2D eigenvalue weighted by Gasteiger charge is -2.20. The molecule has 1 aromatic heterocycles. The molecule has 0 saturated heterocycles. The van der Waals surface area contributed by atoms with Crippen LogP contribution in [0.2, 0.25) is 0 Å². The number of benzene rings is 1. The van der Waals surface area contributed by atoms with Gasteiger partial charge >= 0.3 is 0 Å². The van der Waals surface area contributed by atoms with Crippen LogP contribution in [-0.2, 0) is 13.1 Å². The minimum Gasteiger partial charge on any atom is -0.486 e. The smallest absolute Gasteiger partial charge is 0.208 e. The Kier molecular flexibility index (Phi) is 3.93. The van der Waals surface area contributed by atoms with E-state index in [1.54, 1.807) is 6.20 Å². The molecule has 3 rings (SSSR count). The molecule has 0 unspecified atom stereocenters. The van der Waals surface area contributed by atoms with E-state index < -0.39 is 0 Å². The first-order chi connectivity index (χ1) is 9.72. The van der Waals surface area contributed by atoms with Crippen molar-refractivity contribution >= 4 is 15.9 Å². The van der Waals surface area contributed by atoms with Crippen LogP contribution < -0.4 is 14.8 Å². The number of aromatic nitrogens is 1. The highest BCUT2D eigenvalue weighted by Gasteiger charge is 2.16. The number of nitrogens with one attached hydrogen (secondary N) is 1. The molecule has 0 bridgehead atoms. The number of oxazole rings is 1. The van der Waals surface area contributed by atoms with Crippen molar-refractivity contribution in [1.29, 1.82) is 0 Å². The molecular formula is C14H15BrN2O3. The third kappa shape index (κ3) is 2.96. The van der Waals surface area contributed by atoms with Crippen LogP contribution in [0.5, 0.6) is 11.5 Å². The zero-order chi connectivity index (χ0) is 13.9. The van der Waals surface area contributed by atoms with Crippen LogP contribution in [-0.4, -0.2) is 18.2 Å². The molecule has 1 aliphatic heterocycles. The van der Waals surface area contributed by atoms with Crippen molar-refractivity contribution in [3.8, 4) is 11.5 Å². The van der Waals surface area contributed by atoms with Crippen LogP contribution in [0.15, 0.2) is 27.2 Å². The van der Waals surface area contributed by atoms with E-state index in [0.29, 0.717) is 32.2 Å². The predicted molar refractivity (Wildman–Crippen MR) is 76.9 cm³/mol. The number of hydrogen-bond acceptors (Lipinski definition) is 5. The Bertz CT molecular complexity index is 612. The molecule has 0 radical (unpaired) electrons. The molecule has 0 amide bonds. The summed E-state index contributed by atoms with van der Waals surface area (Å²) < 4.78 is 17.5. The standard InChI is InChI=1S/C14H15BrN2O3/c1-9-6-17-13(20-9)8-16-7-10-4-11(15)14-12(5-10)18-2-3-19-14/h4-6,16H,2-3,7-8H2,1H3. The predicted octanol–water partition coefficient (Wildman–Crippen LogP) is 2.81. The average molecular weight is 339 g/mol. The van der Waals surface area contributed by atoms with Crippen molar-refractivity contribution in [2.75, 3.05) is 13.2 Å². The number of ether oxygens (including phenoxy) is 2. The monoisotopic (exact) mass is 338 g/mol. The molecular weight excluding hydrogens is 324 g/mol. The van der Waals surface area contributed by atoms with E-state index >= 15 is 0 Å². The Morgan fingerprint density at radius 1 is 1.25 bits per heavy atom. The molecule has 0 atom stereocenters. The summed E-state index contributed by atoms with van der Waals surface area (Å²) in [6.45, 7) is 4.36. The van der Waals surface area contributed by atoms with Crippen LogP contribution in [0.1, 0.15) is 17.2 Å². The molecule has 0 fully saturated rings. The maximum atomic E-state index is 5.60. The highest BCUT2D eigenvalue weighted by Crippen LogP contribution is 2.38. The highest BCUT2D eigenvalue weighted by atomic mass is 79.9. The summed E-state index contributed by atoms with van der Waals surface area (Å²) in [7, 11) is 0. The van der Waals surface area contributed by atoms with Crippen LogP contribution in [0.3, 0.4) is 0 Å². The molecule has 20 heavy (non-hydrogen) atoms. The number of aryl methyl sites for hydroxylation is 1. The first-order valence-corrected chi connectivity index (χ1v) is 7.22. The van der Waals surface area contributed by atoms with Gasteiger partial charge in [0.2, 0.25) is 5.89 Å². The van der Waals surface area contributed by atoms with E-state index in [0.717, 1.165) is 27.3 Å². The molecule has 106 valence electrons. The average Bonchev–Trinajstić information content (AvgIpc) is 2.85. The summed E-state index contributed by atoms with van der Waals surface area (Å²) in [4.78, 5) is 4.15. The van der Waals surface area contributed by atoms with Crippen molar-refractivity contribution in [1.82, 2.24) is 10.3 Å². The lowest BCUT2D eigenvalue weighted by atomic mass is 10.2. The molecule has 2 heterocycles. The van der Waals surface area contributed by atoms with E-state index in [1.807, 2.05) is 19.1 Å². The van der Waals surface area contributed by atoms with Crippen molar-refractivity contribution in [3.05, 3.63) is 40.0 Å². The zero-order valence-corrected chi connectivity index (χ0v) is 12.7. The quantitative estimate of drug-likeness (QED) is 0.928. The van der Waals surface area contributed by atoms with Crippen LogP contribution in [0, 0.1) is 6.92 Å². The fourth-order valence-electron chi connectivity index (χ4n) is 2.06. The minimum absolute atomic E-state index is 0.589.